The van der Waals surface area contributed by atoms with Gasteiger partial charge in [-0.2, -0.15) is 0 Å². The van der Waals surface area contributed by atoms with Gasteiger partial charge in [0.2, 0.25) is 10.0 Å². The first-order chi connectivity index (χ1) is 11.4. The zero-order valence-electron chi connectivity index (χ0n) is 13.7. The van der Waals surface area contributed by atoms with E-state index in [1.54, 1.807) is 6.92 Å². The highest BCUT2D eigenvalue weighted by Crippen LogP contribution is 2.28. The maximum atomic E-state index is 12.5. The number of hydrogen-bond donors (Lipinski definition) is 1. The van der Waals surface area contributed by atoms with Crippen molar-refractivity contribution < 1.29 is 17.9 Å². The molecule has 0 heterocycles. The molecule has 0 spiro atoms. The smallest absolute Gasteiger partial charge is 0.241 e. The van der Waals surface area contributed by atoms with Gasteiger partial charge in [0.1, 0.15) is 11.5 Å². The molecule has 0 aliphatic heterocycles. The summed E-state index contributed by atoms with van der Waals surface area (Å²) in [7, 11) is -2.24. The van der Waals surface area contributed by atoms with E-state index in [4.69, 9.17) is 21.1 Å². The van der Waals surface area contributed by atoms with Gasteiger partial charge in [-0.15, -0.1) is 0 Å². The number of rotatable bonds is 7. The monoisotopic (exact) mass is 369 g/mol. The predicted octanol–water partition coefficient (Wildman–Crippen LogP) is 3.79. The number of hydrogen-bond acceptors (Lipinski definition) is 4. The summed E-state index contributed by atoms with van der Waals surface area (Å²) < 4.78 is 38.2. The second-order valence-corrected chi connectivity index (χ2v) is 7.27. The van der Waals surface area contributed by atoms with Crippen LogP contribution in [-0.4, -0.2) is 22.1 Å². The van der Waals surface area contributed by atoms with Crippen molar-refractivity contribution in [2.45, 2.75) is 24.8 Å². The fraction of sp³-hybridized carbons (Fsp3) is 0.294. The summed E-state index contributed by atoms with van der Waals surface area (Å²) in [6, 6.07) is 11.2. The summed E-state index contributed by atoms with van der Waals surface area (Å²) in [4.78, 5) is 0.0844. The van der Waals surface area contributed by atoms with E-state index in [2.05, 4.69) is 4.72 Å². The Morgan fingerprint density at radius 3 is 2.58 bits per heavy atom. The number of methoxy groups -OCH3 is 1. The minimum Gasteiger partial charge on any atom is -0.495 e. The van der Waals surface area contributed by atoms with E-state index in [1.165, 1.54) is 25.3 Å². The molecular weight excluding hydrogens is 350 g/mol. The Kier molecular flexibility index (Phi) is 6.10. The standard InChI is InChI=1S/C17H20ClNO4S/c1-4-23-14-7-5-6-13(10-14)12(2)19-24(20,21)15-8-9-17(22-3)16(18)11-15/h5-12,19H,4H2,1-3H3. The minimum atomic E-state index is -3.71. The quantitative estimate of drug-likeness (QED) is 0.806. The summed E-state index contributed by atoms with van der Waals surface area (Å²) in [6.45, 7) is 4.22. The van der Waals surface area contributed by atoms with E-state index in [-0.39, 0.29) is 9.92 Å². The molecular formula is C17H20ClNO4S. The van der Waals surface area contributed by atoms with Crippen LogP contribution < -0.4 is 14.2 Å². The van der Waals surface area contributed by atoms with E-state index >= 15 is 0 Å². The first-order valence-electron chi connectivity index (χ1n) is 7.46. The first kappa shape index (κ1) is 18.6. The molecule has 1 N–H and O–H groups in total. The maximum Gasteiger partial charge on any atom is 0.241 e. The van der Waals surface area contributed by atoms with Crippen LogP contribution in [0.2, 0.25) is 5.02 Å². The Balaban J connectivity index is 2.22. The van der Waals surface area contributed by atoms with Gasteiger partial charge in [-0.25, -0.2) is 13.1 Å². The van der Waals surface area contributed by atoms with Crippen LogP contribution in [0.4, 0.5) is 0 Å². The third-order valence-corrected chi connectivity index (χ3v) is 5.27. The van der Waals surface area contributed by atoms with Gasteiger partial charge >= 0.3 is 0 Å². The number of ether oxygens (including phenoxy) is 2. The summed E-state index contributed by atoms with van der Waals surface area (Å²) in [5.41, 5.74) is 0.809. The number of benzene rings is 2. The summed E-state index contributed by atoms with van der Waals surface area (Å²) in [5, 5.41) is 0.242. The summed E-state index contributed by atoms with van der Waals surface area (Å²) in [6.07, 6.45) is 0. The lowest BCUT2D eigenvalue weighted by molar-refractivity contribution is 0.339. The SMILES string of the molecule is CCOc1cccc(C(C)NS(=O)(=O)c2ccc(OC)c(Cl)c2)c1. The van der Waals surface area contributed by atoms with Crippen LogP contribution in [0.3, 0.4) is 0 Å². The van der Waals surface area contributed by atoms with Crippen LogP contribution in [0, 0.1) is 0 Å². The van der Waals surface area contributed by atoms with Gasteiger partial charge in [0.05, 0.1) is 23.6 Å². The number of sulfonamides is 1. The number of halogens is 1. The fourth-order valence-corrected chi connectivity index (χ4v) is 3.80. The zero-order chi connectivity index (χ0) is 17.7. The van der Waals surface area contributed by atoms with Gasteiger partial charge in [-0.1, -0.05) is 23.7 Å². The van der Waals surface area contributed by atoms with E-state index in [1.807, 2.05) is 31.2 Å². The second kappa shape index (κ2) is 7.88. The lowest BCUT2D eigenvalue weighted by atomic mass is 10.1. The molecule has 0 aliphatic carbocycles. The molecule has 7 heteroatoms. The van der Waals surface area contributed by atoms with Crippen molar-refractivity contribution in [3.63, 3.8) is 0 Å². The Morgan fingerprint density at radius 1 is 1.21 bits per heavy atom. The van der Waals surface area contributed by atoms with Crippen LogP contribution >= 0.6 is 11.6 Å². The largest absolute Gasteiger partial charge is 0.495 e. The molecule has 2 rings (SSSR count). The fourth-order valence-electron chi connectivity index (χ4n) is 2.22. The Bertz CT molecular complexity index is 808. The highest BCUT2D eigenvalue weighted by molar-refractivity contribution is 7.89. The maximum absolute atomic E-state index is 12.5. The summed E-state index contributed by atoms with van der Waals surface area (Å²) in [5.74, 6) is 1.13. The molecule has 0 aromatic heterocycles. The molecule has 1 atom stereocenters. The Morgan fingerprint density at radius 2 is 1.96 bits per heavy atom. The Hall–Kier alpha value is -1.76. The van der Waals surface area contributed by atoms with Gasteiger partial charge in [0.15, 0.2) is 0 Å². The van der Waals surface area contributed by atoms with Crippen molar-refractivity contribution in [1.29, 1.82) is 0 Å². The molecule has 24 heavy (non-hydrogen) atoms. The molecule has 1 unspecified atom stereocenters. The minimum absolute atomic E-state index is 0.0844. The molecule has 5 nitrogen and oxygen atoms in total. The van der Waals surface area contributed by atoms with E-state index in [9.17, 15) is 8.42 Å². The molecule has 0 bridgehead atoms. The third-order valence-electron chi connectivity index (χ3n) is 3.43. The highest BCUT2D eigenvalue weighted by Gasteiger charge is 2.20. The van der Waals surface area contributed by atoms with E-state index in [0.29, 0.717) is 18.1 Å². The molecule has 0 saturated carbocycles. The average Bonchev–Trinajstić information content (AvgIpc) is 2.55. The molecule has 0 fully saturated rings. The zero-order valence-corrected chi connectivity index (χ0v) is 15.3. The topological polar surface area (TPSA) is 64.6 Å². The molecule has 2 aromatic carbocycles. The predicted molar refractivity (Wildman–Crippen MR) is 94.4 cm³/mol. The van der Waals surface area contributed by atoms with Crippen molar-refractivity contribution in [2.24, 2.45) is 0 Å². The van der Waals surface area contributed by atoms with Crippen molar-refractivity contribution in [1.82, 2.24) is 4.72 Å². The highest BCUT2D eigenvalue weighted by atomic mass is 35.5. The van der Waals surface area contributed by atoms with Crippen molar-refractivity contribution in [3.8, 4) is 11.5 Å². The second-order valence-electron chi connectivity index (χ2n) is 5.14. The van der Waals surface area contributed by atoms with Gasteiger partial charge < -0.3 is 9.47 Å². The van der Waals surface area contributed by atoms with Crippen LogP contribution in [0.5, 0.6) is 11.5 Å². The van der Waals surface area contributed by atoms with E-state index in [0.717, 1.165) is 5.56 Å². The van der Waals surface area contributed by atoms with Crippen LogP contribution in [0.25, 0.3) is 0 Å². The van der Waals surface area contributed by atoms with Gasteiger partial charge in [0.25, 0.3) is 0 Å². The Labute approximate surface area is 147 Å². The van der Waals surface area contributed by atoms with Crippen LogP contribution in [0.1, 0.15) is 25.5 Å². The first-order valence-corrected chi connectivity index (χ1v) is 9.32. The summed E-state index contributed by atoms with van der Waals surface area (Å²) >= 11 is 6.01. The lowest BCUT2D eigenvalue weighted by Gasteiger charge is -2.16. The van der Waals surface area contributed by atoms with Crippen LogP contribution in [-0.2, 0) is 10.0 Å². The molecule has 0 radical (unpaired) electrons. The normalized spacial score (nSPS) is 12.7. The van der Waals surface area contributed by atoms with Crippen molar-refractivity contribution in [3.05, 3.63) is 53.1 Å². The third kappa shape index (κ3) is 4.41. The lowest BCUT2D eigenvalue weighted by Crippen LogP contribution is -2.26. The molecule has 0 aliphatic rings. The average molecular weight is 370 g/mol. The number of nitrogens with one attached hydrogen (secondary N) is 1. The molecule has 2 aromatic rings. The van der Waals surface area contributed by atoms with Gasteiger partial charge in [0, 0.05) is 6.04 Å². The molecule has 0 amide bonds. The molecule has 130 valence electrons. The molecule has 0 saturated heterocycles. The van der Waals surface area contributed by atoms with Crippen LogP contribution in [0.15, 0.2) is 47.4 Å². The van der Waals surface area contributed by atoms with Gasteiger partial charge in [-0.05, 0) is 49.7 Å². The van der Waals surface area contributed by atoms with Crippen molar-refractivity contribution in [2.75, 3.05) is 13.7 Å². The van der Waals surface area contributed by atoms with Crippen molar-refractivity contribution >= 4 is 21.6 Å². The van der Waals surface area contributed by atoms with Gasteiger partial charge in [-0.3, -0.25) is 0 Å². The van der Waals surface area contributed by atoms with E-state index < -0.39 is 16.1 Å².